The number of hydrogen-bond acceptors (Lipinski definition) is 5. The summed E-state index contributed by atoms with van der Waals surface area (Å²) < 4.78 is 23.8. The number of hydrogen-bond donors (Lipinski definition) is 1. The van der Waals surface area contributed by atoms with Gasteiger partial charge in [-0.1, -0.05) is 12.1 Å². The first-order valence-electron chi connectivity index (χ1n) is 9.84. The molecule has 1 N–H and O–H groups in total. The van der Waals surface area contributed by atoms with E-state index < -0.39 is 0 Å². The highest BCUT2D eigenvalue weighted by Crippen LogP contribution is 2.20. The maximum Gasteiger partial charge on any atom is 0.409 e. The van der Waals surface area contributed by atoms with Gasteiger partial charge in [0.2, 0.25) is 5.88 Å². The maximum absolute atomic E-state index is 13.2. The van der Waals surface area contributed by atoms with Gasteiger partial charge in [-0.25, -0.2) is 14.2 Å². The third kappa shape index (κ3) is 7.23. The molecule has 2 aromatic rings. The van der Waals surface area contributed by atoms with Crippen molar-refractivity contribution in [2.24, 2.45) is 4.99 Å². The summed E-state index contributed by atoms with van der Waals surface area (Å²) in [6.45, 7) is 5.25. The molecule has 1 aliphatic heterocycles. The molecule has 3 rings (SSSR count). The van der Waals surface area contributed by atoms with E-state index in [0.717, 1.165) is 11.5 Å². The summed E-state index contributed by atoms with van der Waals surface area (Å²) in [4.78, 5) is 24.2. The number of aromatic nitrogens is 1. The minimum atomic E-state index is -0.359. The second kappa shape index (κ2) is 12.3. The Bertz CT molecular complexity index is 874. The number of piperazine rings is 1. The van der Waals surface area contributed by atoms with Crippen molar-refractivity contribution in [3.05, 3.63) is 54.0 Å². The molecule has 1 aromatic heterocycles. The van der Waals surface area contributed by atoms with Crippen molar-refractivity contribution >= 4 is 36.0 Å². The molecule has 31 heavy (non-hydrogen) atoms. The first-order chi connectivity index (χ1) is 14.6. The Morgan fingerprint density at radius 1 is 1.19 bits per heavy atom. The van der Waals surface area contributed by atoms with Crippen molar-refractivity contribution in [2.45, 2.75) is 13.5 Å². The van der Waals surface area contributed by atoms with Crippen molar-refractivity contribution in [1.29, 1.82) is 0 Å². The van der Waals surface area contributed by atoms with Gasteiger partial charge < -0.3 is 24.6 Å². The number of benzene rings is 1. The normalized spacial score (nSPS) is 14.0. The topological polar surface area (TPSA) is 79.3 Å². The lowest BCUT2D eigenvalue weighted by atomic mass is 10.3. The minimum Gasteiger partial charge on any atom is -0.450 e. The van der Waals surface area contributed by atoms with Crippen LogP contribution in [-0.4, -0.2) is 66.7 Å². The van der Waals surface area contributed by atoms with Crippen LogP contribution in [-0.2, 0) is 11.3 Å². The van der Waals surface area contributed by atoms with Gasteiger partial charge in [-0.3, -0.25) is 4.99 Å². The number of pyridine rings is 1. The van der Waals surface area contributed by atoms with Gasteiger partial charge in [0.15, 0.2) is 5.96 Å². The first kappa shape index (κ1) is 24.6. The molecular formula is C21H27FIN5O3. The van der Waals surface area contributed by atoms with E-state index in [1.54, 1.807) is 43.3 Å². The zero-order valence-corrected chi connectivity index (χ0v) is 19.9. The first-order valence-corrected chi connectivity index (χ1v) is 9.84. The van der Waals surface area contributed by atoms with Gasteiger partial charge in [0, 0.05) is 58.1 Å². The van der Waals surface area contributed by atoms with Gasteiger partial charge in [0.25, 0.3) is 0 Å². The van der Waals surface area contributed by atoms with Crippen LogP contribution in [0, 0.1) is 5.82 Å². The lowest BCUT2D eigenvalue weighted by molar-refractivity contribution is 0.0914. The second-order valence-electron chi connectivity index (χ2n) is 6.64. The summed E-state index contributed by atoms with van der Waals surface area (Å²) >= 11 is 0. The second-order valence-corrected chi connectivity index (χ2v) is 6.64. The van der Waals surface area contributed by atoms with Gasteiger partial charge in [0.05, 0.1) is 6.61 Å². The van der Waals surface area contributed by atoms with Gasteiger partial charge in [-0.15, -0.1) is 24.0 Å². The van der Waals surface area contributed by atoms with Gasteiger partial charge in [-0.2, -0.15) is 0 Å². The van der Waals surface area contributed by atoms with E-state index in [9.17, 15) is 9.18 Å². The average Bonchev–Trinajstić information content (AvgIpc) is 2.76. The van der Waals surface area contributed by atoms with Crippen LogP contribution in [0.3, 0.4) is 0 Å². The van der Waals surface area contributed by atoms with E-state index >= 15 is 0 Å². The Morgan fingerprint density at radius 2 is 1.94 bits per heavy atom. The Hall–Kier alpha value is -2.63. The van der Waals surface area contributed by atoms with Crippen LogP contribution in [0.1, 0.15) is 12.5 Å². The zero-order valence-electron chi connectivity index (χ0n) is 17.6. The van der Waals surface area contributed by atoms with Gasteiger partial charge in [0.1, 0.15) is 11.6 Å². The van der Waals surface area contributed by atoms with Gasteiger partial charge in [-0.05, 0) is 24.6 Å². The third-order valence-corrected chi connectivity index (χ3v) is 4.58. The number of carbonyl (C=O) groups is 1. The third-order valence-electron chi connectivity index (χ3n) is 4.58. The molecule has 1 aromatic carbocycles. The summed E-state index contributed by atoms with van der Waals surface area (Å²) in [7, 11) is 1.73. The van der Waals surface area contributed by atoms with Crippen molar-refractivity contribution in [2.75, 3.05) is 39.8 Å². The molecule has 1 amide bonds. The standard InChI is InChI=1S/C21H26FN5O3.HI/c1-3-29-21(28)27-11-9-26(10-12-27)20(23-2)25-15-16-7-8-19(24-14-16)30-18-6-4-5-17(22)13-18;/h4-8,13-14H,3,9-12,15H2,1-2H3,(H,23,25);1H. The molecule has 0 bridgehead atoms. The molecule has 0 radical (unpaired) electrons. The summed E-state index contributed by atoms with van der Waals surface area (Å²) in [6, 6.07) is 9.55. The SMILES string of the molecule is CCOC(=O)N1CCN(C(=NC)NCc2ccc(Oc3cccc(F)c3)nc2)CC1.I. The Morgan fingerprint density at radius 3 is 2.55 bits per heavy atom. The fourth-order valence-corrected chi connectivity index (χ4v) is 3.06. The molecule has 8 nitrogen and oxygen atoms in total. The van der Waals surface area contributed by atoms with Crippen LogP contribution >= 0.6 is 24.0 Å². The molecule has 0 saturated carbocycles. The number of aliphatic imine (C=N–C) groups is 1. The number of halogens is 2. The molecule has 0 spiro atoms. The number of amides is 1. The fraction of sp³-hybridized carbons (Fsp3) is 0.381. The lowest BCUT2D eigenvalue weighted by Crippen LogP contribution is -2.53. The lowest BCUT2D eigenvalue weighted by Gasteiger charge is -2.35. The Balaban J connectivity index is 0.00000341. The average molecular weight is 543 g/mol. The molecular weight excluding hydrogens is 516 g/mol. The maximum atomic E-state index is 13.2. The quantitative estimate of drug-likeness (QED) is 0.354. The smallest absolute Gasteiger partial charge is 0.409 e. The molecule has 10 heteroatoms. The molecule has 1 fully saturated rings. The monoisotopic (exact) mass is 543 g/mol. The molecule has 1 aliphatic rings. The highest BCUT2D eigenvalue weighted by Gasteiger charge is 2.23. The highest BCUT2D eigenvalue weighted by molar-refractivity contribution is 14.0. The summed E-state index contributed by atoms with van der Waals surface area (Å²) in [6.07, 6.45) is 1.43. The summed E-state index contributed by atoms with van der Waals surface area (Å²) in [5, 5.41) is 3.31. The number of nitrogens with zero attached hydrogens (tertiary/aromatic N) is 4. The van der Waals surface area contributed by atoms with E-state index in [1.165, 1.54) is 12.1 Å². The summed E-state index contributed by atoms with van der Waals surface area (Å²) in [5.74, 6) is 1.20. The largest absolute Gasteiger partial charge is 0.450 e. The number of rotatable bonds is 5. The highest BCUT2D eigenvalue weighted by atomic mass is 127. The van der Waals surface area contributed by atoms with E-state index in [0.29, 0.717) is 51.0 Å². The Labute approximate surface area is 198 Å². The molecule has 2 heterocycles. The Kier molecular flexibility index (Phi) is 9.76. The predicted molar refractivity (Wildman–Crippen MR) is 126 cm³/mol. The number of nitrogens with one attached hydrogen (secondary N) is 1. The van der Waals surface area contributed by atoms with Crippen molar-refractivity contribution in [3.63, 3.8) is 0 Å². The zero-order chi connectivity index (χ0) is 21.3. The van der Waals surface area contributed by atoms with Crippen LogP contribution in [0.4, 0.5) is 9.18 Å². The molecule has 0 atom stereocenters. The van der Waals surface area contributed by atoms with Crippen molar-refractivity contribution in [1.82, 2.24) is 20.1 Å². The van der Waals surface area contributed by atoms with E-state index in [-0.39, 0.29) is 35.9 Å². The van der Waals surface area contributed by atoms with Crippen LogP contribution in [0.25, 0.3) is 0 Å². The van der Waals surface area contributed by atoms with Crippen LogP contribution < -0.4 is 10.1 Å². The summed E-state index contributed by atoms with van der Waals surface area (Å²) in [5.41, 5.74) is 0.952. The van der Waals surface area contributed by atoms with E-state index in [2.05, 4.69) is 20.2 Å². The van der Waals surface area contributed by atoms with E-state index in [1.807, 2.05) is 6.07 Å². The van der Waals surface area contributed by atoms with Crippen LogP contribution in [0.5, 0.6) is 11.6 Å². The van der Waals surface area contributed by atoms with Gasteiger partial charge >= 0.3 is 6.09 Å². The molecule has 0 aliphatic carbocycles. The van der Waals surface area contributed by atoms with Crippen LogP contribution in [0.2, 0.25) is 0 Å². The molecule has 1 saturated heterocycles. The predicted octanol–water partition coefficient (Wildman–Crippen LogP) is 3.48. The number of guanidine groups is 1. The van der Waals surface area contributed by atoms with Crippen molar-refractivity contribution < 1.29 is 18.7 Å². The fourth-order valence-electron chi connectivity index (χ4n) is 3.06. The molecule has 168 valence electrons. The molecule has 0 unspecified atom stereocenters. The van der Waals surface area contributed by atoms with Crippen LogP contribution in [0.15, 0.2) is 47.6 Å². The minimum absolute atomic E-state index is 0. The van der Waals surface area contributed by atoms with Crippen molar-refractivity contribution in [3.8, 4) is 11.6 Å². The number of carbonyl (C=O) groups excluding carboxylic acids is 1. The number of ether oxygens (including phenoxy) is 2. The van der Waals surface area contributed by atoms with E-state index in [4.69, 9.17) is 9.47 Å².